The predicted molar refractivity (Wildman–Crippen MR) is 93.4 cm³/mol. The van der Waals surface area contributed by atoms with E-state index in [0.29, 0.717) is 42.4 Å². The number of amides is 2. The van der Waals surface area contributed by atoms with Crippen LogP contribution in [0, 0.1) is 0 Å². The molecule has 128 valence electrons. The van der Waals surface area contributed by atoms with E-state index in [2.05, 4.69) is 20.8 Å². The van der Waals surface area contributed by atoms with Gasteiger partial charge in [-0.15, -0.1) is 10.2 Å². The molecule has 0 bridgehead atoms. The average Bonchev–Trinajstić information content (AvgIpc) is 3.03. The largest absolute Gasteiger partial charge is 0.381 e. The van der Waals surface area contributed by atoms with E-state index in [4.69, 9.17) is 4.74 Å². The number of aromatic nitrogens is 2. The van der Waals surface area contributed by atoms with E-state index in [1.54, 1.807) is 31.2 Å². The van der Waals surface area contributed by atoms with Crippen molar-refractivity contribution in [2.45, 2.75) is 26.7 Å². The van der Waals surface area contributed by atoms with Gasteiger partial charge in [0.25, 0.3) is 5.91 Å². The van der Waals surface area contributed by atoms with Gasteiger partial charge in [0.1, 0.15) is 5.01 Å². The first kappa shape index (κ1) is 18.0. The highest BCUT2D eigenvalue weighted by Gasteiger charge is 2.10. The van der Waals surface area contributed by atoms with Gasteiger partial charge in [-0.25, -0.2) is 0 Å². The van der Waals surface area contributed by atoms with Crippen LogP contribution in [0.5, 0.6) is 0 Å². The van der Waals surface area contributed by atoms with Crippen molar-refractivity contribution in [1.82, 2.24) is 10.2 Å². The zero-order chi connectivity index (χ0) is 17.4. The molecule has 2 amide bonds. The third-order valence-corrected chi connectivity index (χ3v) is 4.00. The van der Waals surface area contributed by atoms with Crippen molar-refractivity contribution >= 4 is 34.0 Å². The van der Waals surface area contributed by atoms with Gasteiger partial charge in [-0.3, -0.25) is 14.9 Å². The molecule has 1 heterocycles. The SMILES string of the molecule is CCOCCc1nnc(NC(=O)c2ccc(NC(=O)CC)cc2)s1. The van der Waals surface area contributed by atoms with Crippen molar-refractivity contribution < 1.29 is 14.3 Å². The van der Waals surface area contributed by atoms with Crippen LogP contribution in [0.2, 0.25) is 0 Å². The number of nitrogens with one attached hydrogen (secondary N) is 2. The summed E-state index contributed by atoms with van der Waals surface area (Å²) in [7, 11) is 0. The lowest BCUT2D eigenvalue weighted by molar-refractivity contribution is -0.115. The second-order valence-corrected chi connectivity index (χ2v) is 5.94. The lowest BCUT2D eigenvalue weighted by atomic mass is 10.2. The maximum Gasteiger partial charge on any atom is 0.257 e. The number of rotatable bonds is 8. The van der Waals surface area contributed by atoms with E-state index in [1.165, 1.54) is 11.3 Å². The van der Waals surface area contributed by atoms with Gasteiger partial charge >= 0.3 is 0 Å². The fourth-order valence-electron chi connectivity index (χ4n) is 1.83. The maximum absolute atomic E-state index is 12.2. The normalized spacial score (nSPS) is 10.4. The van der Waals surface area contributed by atoms with Gasteiger partial charge in [-0.1, -0.05) is 18.3 Å². The third-order valence-electron chi connectivity index (χ3n) is 3.10. The average molecular weight is 348 g/mol. The summed E-state index contributed by atoms with van der Waals surface area (Å²) < 4.78 is 5.27. The number of carbonyl (C=O) groups excluding carboxylic acids is 2. The summed E-state index contributed by atoms with van der Waals surface area (Å²) in [6, 6.07) is 6.68. The Morgan fingerprint density at radius 3 is 2.54 bits per heavy atom. The first-order chi connectivity index (χ1) is 11.6. The number of anilines is 2. The molecule has 0 unspecified atom stereocenters. The fourth-order valence-corrected chi connectivity index (χ4v) is 2.55. The monoisotopic (exact) mass is 348 g/mol. The molecule has 7 nitrogen and oxygen atoms in total. The fraction of sp³-hybridized carbons (Fsp3) is 0.375. The van der Waals surface area contributed by atoms with Crippen LogP contribution in [0.25, 0.3) is 0 Å². The molecule has 0 aliphatic heterocycles. The quantitative estimate of drug-likeness (QED) is 0.716. The summed E-state index contributed by atoms with van der Waals surface area (Å²) in [4.78, 5) is 23.5. The number of benzene rings is 1. The van der Waals surface area contributed by atoms with Gasteiger partial charge in [-0.05, 0) is 31.2 Å². The molecule has 0 saturated heterocycles. The molecule has 0 aliphatic carbocycles. The Labute approximate surface area is 144 Å². The Hall–Kier alpha value is -2.32. The van der Waals surface area contributed by atoms with E-state index in [9.17, 15) is 9.59 Å². The van der Waals surface area contributed by atoms with Crippen molar-refractivity contribution in [3.05, 3.63) is 34.8 Å². The first-order valence-corrected chi connectivity index (χ1v) is 8.55. The lowest BCUT2D eigenvalue weighted by Gasteiger charge is -2.05. The molecule has 0 atom stereocenters. The third kappa shape index (κ3) is 5.39. The van der Waals surface area contributed by atoms with Crippen molar-refractivity contribution in [1.29, 1.82) is 0 Å². The van der Waals surface area contributed by atoms with Crippen LogP contribution in [-0.4, -0.2) is 35.2 Å². The highest BCUT2D eigenvalue weighted by molar-refractivity contribution is 7.15. The van der Waals surface area contributed by atoms with Crippen LogP contribution in [0.3, 0.4) is 0 Å². The molecule has 0 aliphatic rings. The van der Waals surface area contributed by atoms with Crippen LogP contribution >= 0.6 is 11.3 Å². The number of ether oxygens (including phenoxy) is 1. The second kappa shape index (κ2) is 9.09. The Balaban J connectivity index is 1.91. The summed E-state index contributed by atoms with van der Waals surface area (Å²) in [5, 5.41) is 14.7. The number of hydrogen-bond donors (Lipinski definition) is 2. The van der Waals surface area contributed by atoms with Gasteiger partial charge in [0.15, 0.2) is 0 Å². The summed E-state index contributed by atoms with van der Waals surface area (Å²) in [6.07, 6.45) is 1.08. The summed E-state index contributed by atoms with van der Waals surface area (Å²) in [5.74, 6) is -0.337. The van der Waals surface area contributed by atoms with E-state index in [-0.39, 0.29) is 11.8 Å². The van der Waals surface area contributed by atoms with Crippen molar-refractivity contribution in [2.24, 2.45) is 0 Å². The molecule has 2 aromatic rings. The molecule has 24 heavy (non-hydrogen) atoms. The standard InChI is InChI=1S/C16H20N4O3S/c1-3-13(21)17-12-7-5-11(6-8-12)15(22)18-16-20-19-14(24-16)9-10-23-4-2/h5-8H,3-4,9-10H2,1-2H3,(H,17,21)(H,18,20,22). The highest BCUT2D eigenvalue weighted by atomic mass is 32.1. The predicted octanol–water partition coefficient (Wildman–Crippen LogP) is 2.72. The van der Waals surface area contributed by atoms with Gasteiger partial charge in [0, 0.05) is 30.7 Å². The minimum absolute atomic E-state index is 0.0688. The van der Waals surface area contributed by atoms with Crippen LogP contribution in [-0.2, 0) is 16.0 Å². The molecule has 0 saturated carbocycles. The minimum Gasteiger partial charge on any atom is -0.381 e. The first-order valence-electron chi connectivity index (χ1n) is 7.73. The van der Waals surface area contributed by atoms with Crippen molar-refractivity contribution in [3.8, 4) is 0 Å². The second-order valence-electron chi connectivity index (χ2n) is 4.88. The minimum atomic E-state index is -0.268. The topological polar surface area (TPSA) is 93.2 Å². The molecule has 1 aromatic heterocycles. The molecule has 0 fully saturated rings. The number of nitrogens with zero attached hydrogens (tertiary/aromatic N) is 2. The molecular weight excluding hydrogens is 328 g/mol. The Morgan fingerprint density at radius 2 is 1.88 bits per heavy atom. The summed E-state index contributed by atoms with van der Waals surface area (Å²) >= 11 is 1.33. The lowest BCUT2D eigenvalue weighted by Crippen LogP contribution is -2.12. The van der Waals surface area contributed by atoms with Gasteiger partial charge in [-0.2, -0.15) is 0 Å². The van der Waals surface area contributed by atoms with E-state index < -0.39 is 0 Å². The maximum atomic E-state index is 12.2. The smallest absolute Gasteiger partial charge is 0.257 e. The number of hydrogen-bond acceptors (Lipinski definition) is 6. The Bertz CT molecular complexity index is 685. The number of carbonyl (C=O) groups is 2. The van der Waals surface area contributed by atoms with E-state index >= 15 is 0 Å². The summed E-state index contributed by atoms with van der Waals surface area (Å²) in [6.45, 7) is 4.97. The molecule has 2 N–H and O–H groups in total. The molecule has 0 radical (unpaired) electrons. The van der Waals surface area contributed by atoms with Crippen LogP contribution in [0.4, 0.5) is 10.8 Å². The zero-order valence-electron chi connectivity index (χ0n) is 13.7. The molecule has 8 heteroatoms. The molecule has 2 rings (SSSR count). The van der Waals surface area contributed by atoms with Crippen LogP contribution < -0.4 is 10.6 Å². The zero-order valence-corrected chi connectivity index (χ0v) is 14.5. The van der Waals surface area contributed by atoms with Gasteiger partial charge in [0.2, 0.25) is 11.0 Å². The Kier molecular flexibility index (Phi) is 6.83. The molecule has 0 spiro atoms. The van der Waals surface area contributed by atoms with Gasteiger partial charge in [0.05, 0.1) is 6.61 Å². The van der Waals surface area contributed by atoms with Crippen LogP contribution in [0.15, 0.2) is 24.3 Å². The van der Waals surface area contributed by atoms with E-state index in [1.807, 2.05) is 6.92 Å². The van der Waals surface area contributed by atoms with Gasteiger partial charge < -0.3 is 10.1 Å². The molecular formula is C16H20N4O3S. The van der Waals surface area contributed by atoms with Crippen molar-refractivity contribution in [3.63, 3.8) is 0 Å². The van der Waals surface area contributed by atoms with E-state index in [0.717, 1.165) is 5.01 Å². The van der Waals surface area contributed by atoms with Crippen molar-refractivity contribution in [2.75, 3.05) is 23.8 Å². The summed E-state index contributed by atoms with van der Waals surface area (Å²) in [5.41, 5.74) is 1.14. The molecule has 1 aromatic carbocycles. The van der Waals surface area contributed by atoms with Crippen LogP contribution in [0.1, 0.15) is 35.6 Å². The Morgan fingerprint density at radius 1 is 1.12 bits per heavy atom. The highest BCUT2D eigenvalue weighted by Crippen LogP contribution is 2.17.